The molecule has 0 spiro atoms. The molecule has 0 saturated heterocycles. The number of amides is 1. The molecule has 0 bridgehead atoms. The molecule has 0 atom stereocenters. The molecule has 0 aliphatic rings. The maximum atomic E-state index is 11.2. The van der Waals surface area contributed by atoms with E-state index in [0.29, 0.717) is 5.75 Å². The van der Waals surface area contributed by atoms with Crippen molar-refractivity contribution in [1.82, 2.24) is 0 Å². The summed E-state index contributed by atoms with van der Waals surface area (Å²) in [5, 5.41) is 0. The Kier molecular flexibility index (Phi) is 3.66. The zero-order valence-electron chi connectivity index (χ0n) is 11.6. The van der Waals surface area contributed by atoms with Gasteiger partial charge in [-0.3, -0.25) is 4.79 Å². The number of ether oxygens (including phenoxy) is 1. The predicted octanol–water partition coefficient (Wildman–Crippen LogP) is 2.58. The molecule has 104 valence electrons. The average Bonchev–Trinajstić information content (AvgIpc) is 2.40. The van der Waals surface area contributed by atoms with Gasteiger partial charge in [-0.1, -0.05) is 24.3 Å². The summed E-state index contributed by atoms with van der Waals surface area (Å²) in [6, 6.07) is 15.1. The summed E-state index contributed by atoms with van der Waals surface area (Å²) in [5.41, 5.74) is 12.8. The van der Waals surface area contributed by atoms with Gasteiger partial charge in [0.2, 0.25) is 0 Å². The molecular formula is C16H18N2O2. The van der Waals surface area contributed by atoms with Crippen molar-refractivity contribution < 1.29 is 9.53 Å². The van der Waals surface area contributed by atoms with Gasteiger partial charge in [0.15, 0.2) is 5.60 Å². The maximum absolute atomic E-state index is 11.2. The van der Waals surface area contributed by atoms with E-state index in [2.05, 4.69) is 0 Å². The third kappa shape index (κ3) is 3.09. The second kappa shape index (κ2) is 5.25. The van der Waals surface area contributed by atoms with E-state index in [-0.39, 0.29) is 0 Å². The van der Waals surface area contributed by atoms with Crippen LogP contribution in [0.1, 0.15) is 13.8 Å². The first-order valence-corrected chi connectivity index (χ1v) is 6.33. The van der Waals surface area contributed by atoms with Crippen LogP contribution in [0.3, 0.4) is 0 Å². The second-order valence-electron chi connectivity index (χ2n) is 5.12. The van der Waals surface area contributed by atoms with E-state index in [0.717, 1.165) is 16.8 Å². The van der Waals surface area contributed by atoms with E-state index in [4.69, 9.17) is 16.2 Å². The highest BCUT2D eigenvalue weighted by molar-refractivity contribution is 5.82. The summed E-state index contributed by atoms with van der Waals surface area (Å²) < 4.78 is 5.58. The molecule has 1 amide bonds. The molecule has 0 unspecified atom stereocenters. The molecule has 0 aliphatic heterocycles. The van der Waals surface area contributed by atoms with E-state index >= 15 is 0 Å². The van der Waals surface area contributed by atoms with Crippen molar-refractivity contribution in [3.8, 4) is 16.9 Å². The van der Waals surface area contributed by atoms with Crippen LogP contribution >= 0.6 is 0 Å². The van der Waals surface area contributed by atoms with Crippen LogP contribution in [0.4, 0.5) is 5.69 Å². The molecule has 2 rings (SSSR count). The Hall–Kier alpha value is -2.49. The van der Waals surface area contributed by atoms with Gasteiger partial charge in [-0.15, -0.1) is 0 Å². The van der Waals surface area contributed by atoms with E-state index in [1.807, 2.05) is 48.5 Å². The van der Waals surface area contributed by atoms with Crippen LogP contribution in [0.25, 0.3) is 11.1 Å². The van der Waals surface area contributed by atoms with Gasteiger partial charge in [0.25, 0.3) is 5.91 Å². The number of carbonyl (C=O) groups excluding carboxylic acids is 1. The summed E-state index contributed by atoms with van der Waals surface area (Å²) in [7, 11) is 0. The van der Waals surface area contributed by atoms with Gasteiger partial charge in [-0.05, 0) is 49.2 Å². The molecule has 2 aromatic rings. The minimum absolute atomic E-state index is 0.500. The Bertz CT molecular complexity index is 601. The summed E-state index contributed by atoms with van der Waals surface area (Å²) >= 11 is 0. The fraction of sp³-hybridized carbons (Fsp3) is 0.188. The summed E-state index contributed by atoms with van der Waals surface area (Å²) in [6.07, 6.45) is 0. The number of nitrogens with two attached hydrogens (primary N) is 2. The first-order valence-electron chi connectivity index (χ1n) is 6.33. The van der Waals surface area contributed by atoms with Crippen LogP contribution in [0.2, 0.25) is 0 Å². The summed E-state index contributed by atoms with van der Waals surface area (Å²) in [6.45, 7) is 3.28. The summed E-state index contributed by atoms with van der Waals surface area (Å²) in [4.78, 5) is 11.2. The SMILES string of the molecule is CC(C)(Oc1ccc(-c2ccc(N)cc2)cc1)C(N)=O. The van der Waals surface area contributed by atoms with Gasteiger partial charge >= 0.3 is 0 Å². The lowest BCUT2D eigenvalue weighted by Gasteiger charge is -2.22. The highest BCUT2D eigenvalue weighted by atomic mass is 16.5. The van der Waals surface area contributed by atoms with Crippen LogP contribution in [0.15, 0.2) is 48.5 Å². The first-order chi connectivity index (χ1) is 9.38. The summed E-state index contributed by atoms with van der Waals surface area (Å²) in [5.74, 6) is 0.105. The Morgan fingerprint density at radius 3 is 1.85 bits per heavy atom. The van der Waals surface area contributed by atoms with Crippen molar-refractivity contribution in [3.05, 3.63) is 48.5 Å². The van der Waals surface area contributed by atoms with E-state index in [1.54, 1.807) is 13.8 Å². The lowest BCUT2D eigenvalue weighted by molar-refractivity contribution is -0.130. The molecule has 0 aromatic heterocycles. The fourth-order valence-electron chi connectivity index (χ4n) is 1.74. The topological polar surface area (TPSA) is 78.3 Å². The predicted molar refractivity (Wildman–Crippen MR) is 80.2 cm³/mol. The van der Waals surface area contributed by atoms with Crippen LogP contribution in [-0.2, 0) is 4.79 Å². The highest BCUT2D eigenvalue weighted by Crippen LogP contribution is 2.25. The maximum Gasteiger partial charge on any atom is 0.261 e. The van der Waals surface area contributed by atoms with Gasteiger partial charge in [-0.25, -0.2) is 0 Å². The van der Waals surface area contributed by atoms with Gasteiger partial charge in [0.05, 0.1) is 0 Å². The van der Waals surface area contributed by atoms with Crippen LogP contribution in [-0.4, -0.2) is 11.5 Å². The number of carbonyl (C=O) groups is 1. The van der Waals surface area contributed by atoms with E-state index in [9.17, 15) is 4.79 Å². The molecule has 0 fully saturated rings. The van der Waals surface area contributed by atoms with Crippen molar-refractivity contribution in [2.24, 2.45) is 5.73 Å². The number of primary amides is 1. The van der Waals surface area contributed by atoms with Gasteiger partial charge in [0.1, 0.15) is 5.75 Å². The normalized spacial score (nSPS) is 11.1. The first kappa shape index (κ1) is 13.9. The third-order valence-electron chi connectivity index (χ3n) is 3.06. The number of hydrogen-bond donors (Lipinski definition) is 2. The third-order valence-corrected chi connectivity index (χ3v) is 3.06. The number of benzene rings is 2. The van der Waals surface area contributed by atoms with Crippen molar-refractivity contribution in [3.63, 3.8) is 0 Å². The lowest BCUT2D eigenvalue weighted by Crippen LogP contribution is -2.43. The standard InChI is InChI=1S/C16H18N2O2/c1-16(2,15(18)19)20-14-9-5-12(6-10-14)11-3-7-13(17)8-4-11/h3-10H,17H2,1-2H3,(H2,18,19). The second-order valence-corrected chi connectivity index (χ2v) is 5.12. The zero-order valence-corrected chi connectivity index (χ0v) is 11.6. The molecule has 4 N–H and O–H groups in total. The Morgan fingerprint density at radius 2 is 1.40 bits per heavy atom. The number of anilines is 1. The fourth-order valence-corrected chi connectivity index (χ4v) is 1.74. The largest absolute Gasteiger partial charge is 0.478 e. The molecule has 20 heavy (non-hydrogen) atoms. The minimum Gasteiger partial charge on any atom is -0.478 e. The van der Waals surface area contributed by atoms with Gasteiger partial charge < -0.3 is 16.2 Å². The van der Waals surface area contributed by atoms with Crippen molar-refractivity contribution in [2.45, 2.75) is 19.4 Å². The number of nitrogen functional groups attached to an aromatic ring is 1. The van der Waals surface area contributed by atoms with E-state index in [1.165, 1.54) is 0 Å². The Labute approximate surface area is 118 Å². The average molecular weight is 270 g/mol. The van der Waals surface area contributed by atoms with Crippen LogP contribution in [0, 0.1) is 0 Å². The molecule has 0 aliphatic carbocycles. The van der Waals surface area contributed by atoms with Gasteiger partial charge in [-0.2, -0.15) is 0 Å². The van der Waals surface area contributed by atoms with E-state index < -0.39 is 11.5 Å². The van der Waals surface area contributed by atoms with Crippen molar-refractivity contribution in [2.75, 3.05) is 5.73 Å². The number of rotatable bonds is 4. The molecular weight excluding hydrogens is 252 g/mol. The highest BCUT2D eigenvalue weighted by Gasteiger charge is 2.26. The monoisotopic (exact) mass is 270 g/mol. The van der Waals surface area contributed by atoms with Crippen LogP contribution < -0.4 is 16.2 Å². The van der Waals surface area contributed by atoms with Crippen molar-refractivity contribution >= 4 is 11.6 Å². The molecule has 4 nitrogen and oxygen atoms in total. The van der Waals surface area contributed by atoms with Crippen LogP contribution in [0.5, 0.6) is 5.75 Å². The number of hydrogen-bond acceptors (Lipinski definition) is 3. The minimum atomic E-state index is -1.03. The smallest absolute Gasteiger partial charge is 0.261 e. The van der Waals surface area contributed by atoms with Crippen molar-refractivity contribution in [1.29, 1.82) is 0 Å². The molecule has 4 heteroatoms. The molecule has 2 aromatic carbocycles. The lowest BCUT2D eigenvalue weighted by atomic mass is 10.1. The molecule has 0 saturated carbocycles. The molecule has 0 heterocycles. The molecule has 0 radical (unpaired) electrons. The Balaban J connectivity index is 2.18. The van der Waals surface area contributed by atoms with Gasteiger partial charge in [0, 0.05) is 5.69 Å². The quantitative estimate of drug-likeness (QED) is 0.838. The Morgan fingerprint density at radius 1 is 0.950 bits per heavy atom. The zero-order chi connectivity index (χ0) is 14.8.